The van der Waals surface area contributed by atoms with Gasteiger partial charge in [-0.3, -0.25) is 19.4 Å². The van der Waals surface area contributed by atoms with E-state index in [9.17, 15) is 29.1 Å². The summed E-state index contributed by atoms with van der Waals surface area (Å²) in [5.41, 5.74) is 11.4. The average molecular weight is 589 g/mol. The highest BCUT2D eigenvalue weighted by atomic mass is 35.5. The van der Waals surface area contributed by atoms with Crippen LogP contribution in [0.15, 0.2) is 59.6 Å². The predicted octanol–water partition coefficient (Wildman–Crippen LogP) is 0.352. The van der Waals surface area contributed by atoms with Crippen molar-refractivity contribution in [2.75, 3.05) is 13.2 Å². The van der Waals surface area contributed by atoms with Crippen molar-refractivity contribution in [3.05, 3.63) is 70.7 Å². The van der Waals surface area contributed by atoms with Crippen LogP contribution in [0.4, 0.5) is 0 Å². The first kappa shape index (κ1) is 32.6. The van der Waals surface area contributed by atoms with Crippen LogP contribution in [-0.2, 0) is 30.3 Å². The van der Waals surface area contributed by atoms with Crippen LogP contribution in [-0.4, -0.2) is 72.0 Å². The van der Waals surface area contributed by atoms with E-state index in [-0.39, 0.29) is 37.3 Å². The molecule has 0 heterocycles. The van der Waals surface area contributed by atoms with Crippen LogP contribution in [0.2, 0.25) is 5.02 Å². The zero-order valence-electron chi connectivity index (χ0n) is 22.3. The highest BCUT2D eigenvalue weighted by Crippen LogP contribution is 2.12. The van der Waals surface area contributed by atoms with Gasteiger partial charge < -0.3 is 37.3 Å². The van der Waals surface area contributed by atoms with Crippen molar-refractivity contribution in [2.24, 2.45) is 16.5 Å². The molecule has 0 aliphatic carbocycles. The van der Waals surface area contributed by atoms with Crippen molar-refractivity contribution >= 4 is 47.2 Å². The Hall–Kier alpha value is -4.65. The van der Waals surface area contributed by atoms with E-state index in [1.807, 2.05) is 0 Å². The number of carbonyl (C=O) groups excluding carboxylic acids is 4. The van der Waals surface area contributed by atoms with E-state index in [1.54, 1.807) is 42.5 Å². The molecule has 0 saturated carbocycles. The highest BCUT2D eigenvalue weighted by Gasteiger charge is 2.30. The lowest BCUT2D eigenvalue weighted by molar-refractivity contribution is -0.142. The first-order valence-electron chi connectivity index (χ1n) is 12.6. The molecule has 0 aliphatic rings. The molecule has 0 unspecified atom stereocenters. The molecule has 0 aromatic heterocycles. The van der Waals surface area contributed by atoms with Crippen molar-refractivity contribution in [1.29, 1.82) is 0 Å². The Balaban J connectivity index is 2.19. The average Bonchev–Trinajstić information content (AvgIpc) is 2.93. The fraction of sp³-hybridized carbons (Fsp3) is 0.333. The third kappa shape index (κ3) is 12.0. The van der Waals surface area contributed by atoms with E-state index in [1.165, 1.54) is 19.1 Å². The van der Waals surface area contributed by atoms with E-state index < -0.39 is 54.4 Å². The minimum atomic E-state index is -1.34. The maximum Gasteiger partial charge on any atom is 0.338 e. The summed E-state index contributed by atoms with van der Waals surface area (Å²) in [6.07, 6.45) is 0.246. The first-order valence-corrected chi connectivity index (χ1v) is 13.0. The number of nitrogens with zero attached hydrogens (tertiary/aromatic N) is 1. The summed E-state index contributed by atoms with van der Waals surface area (Å²) in [5, 5.41) is 17.4. The van der Waals surface area contributed by atoms with Crippen molar-refractivity contribution in [3.8, 4) is 0 Å². The maximum absolute atomic E-state index is 13.2. The zero-order valence-corrected chi connectivity index (χ0v) is 23.1. The molecule has 0 spiro atoms. The molecular formula is C27H33ClN6O7. The standard InChI is InChI=1S/C27H33ClN6O7/c1-16(35)32-22(15-41-26(40)18-6-3-2-4-7-18)24(37)34-21(14-17-9-11-19(28)12-10-17)23(36)33-20(25(38)39)8-5-13-31-27(29)30/h2-4,6-7,9-12,20-22H,5,8,13-15H2,1H3,(H,32,35)(H,33,36)(H,34,37)(H,38,39)(H4,29,30,31)/t20-,21+,22-/m0/s1. The number of rotatable bonds is 15. The van der Waals surface area contributed by atoms with Crippen LogP contribution in [0.1, 0.15) is 35.7 Å². The largest absolute Gasteiger partial charge is 0.480 e. The molecular weight excluding hydrogens is 556 g/mol. The molecule has 220 valence electrons. The molecule has 0 fully saturated rings. The minimum absolute atomic E-state index is 0.0173. The Morgan fingerprint density at radius 3 is 2.10 bits per heavy atom. The molecule has 0 radical (unpaired) electrons. The smallest absolute Gasteiger partial charge is 0.338 e. The predicted molar refractivity (Wildman–Crippen MR) is 151 cm³/mol. The Bertz CT molecular complexity index is 1240. The van der Waals surface area contributed by atoms with Gasteiger partial charge in [0, 0.05) is 24.9 Å². The third-order valence-electron chi connectivity index (χ3n) is 5.63. The second kappa shape index (κ2) is 16.5. The van der Waals surface area contributed by atoms with Crippen LogP contribution >= 0.6 is 11.6 Å². The van der Waals surface area contributed by atoms with Crippen LogP contribution in [0.25, 0.3) is 0 Å². The number of amides is 3. The Kier molecular flexibility index (Phi) is 13.1. The van der Waals surface area contributed by atoms with Crippen molar-refractivity contribution in [2.45, 2.75) is 44.3 Å². The summed E-state index contributed by atoms with van der Waals surface area (Å²) in [7, 11) is 0. The molecule has 3 amide bonds. The molecule has 0 saturated heterocycles. The lowest BCUT2D eigenvalue weighted by atomic mass is 10.0. The Morgan fingerprint density at radius 1 is 0.902 bits per heavy atom. The summed E-state index contributed by atoms with van der Waals surface area (Å²) in [6, 6.07) is 10.6. The van der Waals surface area contributed by atoms with Gasteiger partial charge >= 0.3 is 11.9 Å². The van der Waals surface area contributed by atoms with Crippen LogP contribution in [0, 0.1) is 0 Å². The number of hydrogen-bond donors (Lipinski definition) is 6. The molecule has 13 nitrogen and oxygen atoms in total. The fourth-order valence-corrected chi connectivity index (χ4v) is 3.74. The molecule has 14 heteroatoms. The van der Waals surface area contributed by atoms with Gasteiger partial charge in [0.25, 0.3) is 0 Å². The van der Waals surface area contributed by atoms with E-state index in [4.69, 9.17) is 27.8 Å². The zero-order chi connectivity index (χ0) is 30.4. The molecule has 2 aromatic carbocycles. The second-order valence-electron chi connectivity index (χ2n) is 8.96. The fourth-order valence-electron chi connectivity index (χ4n) is 3.62. The SMILES string of the molecule is CC(=O)N[C@@H](COC(=O)c1ccccc1)C(=O)N[C@H](Cc1ccc(Cl)cc1)C(=O)N[C@@H](CCCN=C(N)N)C(=O)O. The number of guanidine groups is 1. The van der Waals surface area contributed by atoms with E-state index >= 15 is 0 Å². The molecule has 3 atom stereocenters. The Labute approximate surface area is 241 Å². The third-order valence-corrected chi connectivity index (χ3v) is 5.88. The minimum Gasteiger partial charge on any atom is -0.480 e. The van der Waals surface area contributed by atoms with Gasteiger partial charge in [0.05, 0.1) is 5.56 Å². The van der Waals surface area contributed by atoms with Gasteiger partial charge in [-0.25, -0.2) is 9.59 Å². The lowest BCUT2D eigenvalue weighted by Gasteiger charge is -2.24. The number of nitrogens with two attached hydrogens (primary N) is 2. The summed E-state index contributed by atoms with van der Waals surface area (Å²) >= 11 is 5.95. The van der Waals surface area contributed by atoms with Crippen LogP contribution < -0.4 is 27.4 Å². The number of ether oxygens (including phenoxy) is 1. The molecule has 2 aromatic rings. The van der Waals surface area contributed by atoms with Crippen molar-refractivity contribution in [3.63, 3.8) is 0 Å². The second-order valence-corrected chi connectivity index (χ2v) is 9.39. The van der Waals surface area contributed by atoms with Gasteiger partial charge in [-0.2, -0.15) is 0 Å². The van der Waals surface area contributed by atoms with Crippen LogP contribution in [0.5, 0.6) is 0 Å². The molecule has 0 bridgehead atoms. The van der Waals surface area contributed by atoms with Gasteiger partial charge in [0.1, 0.15) is 24.7 Å². The Morgan fingerprint density at radius 2 is 1.51 bits per heavy atom. The lowest BCUT2D eigenvalue weighted by Crippen LogP contribution is -2.57. The number of hydrogen-bond acceptors (Lipinski definition) is 7. The molecule has 8 N–H and O–H groups in total. The van der Waals surface area contributed by atoms with Gasteiger partial charge in [-0.15, -0.1) is 0 Å². The summed E-state index contributed by atoms with van der Waals surface area (Å²) in [5.74, 6) is -4.33. The topological polar surface area (TPSA) is 215 Å². The molecule has 2 rings (SSSR count). The quantitative estimate of drug-likeness (QED) is 0.0731. The van der Waals surface area contributed by atoms with Gasteiger partial charge in [-0.1, -0.05) is 41.9 Å². The number of halogens is 1. The summed E-state index contributed by atoms with van der Waals surface area (Å²) in [6.45, 7) is 0.820. The van der Waals surface area contributed by atoms with E-state index in [0.29, 0.717) is 10.6 Å². The summed E-state index contributed by atoms with van der Waals surface area (Å²) < 4.78 is 5.22. The van der Waals surface area contributed by atoms with E-state index in [2.05, 4.69) is 20.9 Å². The van der Waals surface area contributed by atoms with E-state index in [0.717, 1.165) is 0 Å². The number of benzene rings is 2. The number of carboxylic acid groups (broad SMARTS) is 1. The first-order chi connectivity index (χ1) is 19.5. The van der Waals surface area contributed by atoms with Crippen molar-refractivity contribution < 1.29 is 33.8 Å². The molecule has 0 aliphatic heterocycles. The normalized spacial score (nSPS) is 12.6. The maximum atomic E-state index is 13.2. The number of carbonyl (C=O) groups is 5. The number of carboxylic acids is 1. The number of aliphatic imine (C=N–C) groups is 1. The molecule has 41 heavy (non-hydrogen) atoms. The van der Waals surface area contributed by atoms with Gasteiger partial charge in [0.15, 0.2) is 5.96 Å². The van der Waals surface area contributed by atoms with Gasteiger partial charge in [0.2, 0.25) is 17.7 Å². The van der Waals surface area contributed by atoms with Gasteiger partial charge in [-0.05, 0) is 42.7 Å². The van der Waals surface area contributed by atoms with Crippen molar-refractivity contribution in [1.82, 2.24) is 16.0 Å². The number of esters is 1. The highest BCUT2D eigenvalue weighted by molar-refractivity contribution is 6.30. The monoisotopic (exact) mass is 588 g/mol. The summed E-state index contributed by atoms with van der Waals surface area (Å²) in [4.78, 5) is 66.2. The van der Waals surface area contributed by atoms with Crippen LogP contribution in [0.3, 0.4) is 0 Å². The number of nitrogens with one attached hydrogen (secondary N) is 3. The number of aliphatic carboxylic acids is 1.